The van der Waals surface area contributed by atoms with E-state index < -0.39 is 0 Å². The number of allylic oxidation sites excluding steroid dienone is 1. The summed E-state index contributed by atoms with van der Waals surface area (Å²) in [5, 5.41) is 3.09. The van der Waals surface area contributed by atoms with Crippen molar-refractivity contribution in [3.05, 3.63) is 12.7 Å². The minimum atomic E-state index is 0.310. The summed E-state index contributed by atoms with van der Waals surface area (Å²) >= 11 is 0. The van der Waals surface area contributed by atoms with E-state index in [1.165, 1.54) is 0 Å². The van der Waals surface area contributed by atoms with E-state index in [9.17, 15) is 4.79 Å². The summed E-state index contributed by atoms with van der Waals surface area (Å²) in [5.41, 5.74) is 0. The Morgan fingerprint density at radius 3 is 2.92 bits per heavy atom. The lowest BCUT2D eigenvalue weighted by molar-refractivity contribution is -0.118. The van der Waals surface area contributed by atoms with Gasteiger partial charge in [0.1, 0.15) is 5.78 Å². The first-order valence-corrected chi connectivity index (χ1v) is 4.64. The molecule has 0 rings (SSSR count). The van der Waals surface area contributed by atoms with Gasteiger partial charge in [-0.2, -0.15) is 0 Å². The lowest BCUT2D eigenvalue weighted by atomic mass is 10.2. The molecule has 0 aliphatic rings. The minimum absolute atomic E-state index is 0.310. The van der Waals surface area contributed by atoms with E-state index in [4.69, 9.17) is 0 Å². The molecule has 0 heterocycles. The number of carbonyl (C=O) groups is 1. The highest BCUT2D eigenvalue weighted by Crippen LogP contribution is 1.95. The zero-order valence-electron chi connectivity index (χ0n) is 7.94. The topological polar surface area (TPSA) is 29.1 Å². The first-order valence-electron chi connectivity index (χ1n) is 4.64. The summed E-state index contributed by atoms with van der Waals surface area (Å²) in [4.78, 5) is 11.1. The van der Waals surface area contributed by atoms with Gasteiger partial charge in [0.2, 0.25) is 0 Å². The van der Waals surface area contributed by atoms with Crippen molar-refractivity contribution in [2.24, 2.45) is 0 Å². The van der Waals surface area contributed by atoms with Crippen LogP contribution in [0, 0.1) is 0 Å². The van der Waals surface area contributed by atoms with Crippen molar-refractivity contribution in [1.29, 1.82) is 0 Å². The minimum Gasteiger partial charge on any atom is -0.310 e. The molecule has 70 valence electrons. The molecule has 0 unspecified atom stereocenters. The molecule has 0 aliphatic carbocycles. The molecule has 0 aromatic carbocycles. The van der Waals surface area contributed by atoms with Crippen LogP contribution in [0.3, 0.4) is 0 Å². The van der Waals surface area contributed by atoms with Crippen LogP contribution in [0.2, 0.25) is 0 Å². The largest absolute Gasteiger partial charge is 0.310 e. The molecule has 0 atom stereocenters. The molecule has 0 saturated heterocycles. The lowest BCUT2D eigenvalue weighted by Crippen LogP contribution is -2.23. The quantitative estimate of drug-likeness (QED) is 0.444. The third kappa shape index (κ3) is 7.48. The van der Waals surface area contributed by atoms with Crippen LogP contribution in [0.5, 0.6) is 0 Å². The van der Waals surface area contributed by atoms with E-state index in [0.29, 0.717) is 18.7 Å². The van der Waals surface area contributed by atoms with E-state index in [-0.39, 0.29) is 0 Å². The van der Waals surface area contributed by atoms with E-state index in [1.54, 1.807) is 0 Å². The van der Waals surface area contributed by atoms with Crippen LogP contribution in [0.4, 0.5) is 0 Å². The smallest absolute Gasteiger partial charge is 0.146 e. The van der Waals surface area contributed by atoms with Gasteiger partial charge in [-0.15, -0.1) is 6.58 Å². The number of carbonyl (C=O) groups excluding carboxylic acids is 1. The zero-order chi connectivity index (χ0) is 9.23. The third-order valence-electron chi connectivity index (χ3n) is 1.61. The first kappa shape index (κ1) is 11.4. The van der Waals surface area contributed by atoms with Crippen LogP contribution in [0.1, 0.15) is 32.6 Å². The molecule has 0 aromatic heterocycles. The molecule has 2 heteroatoms. The van der Waals surface area contributed by atoms with Crippen molar-refractivity contribution < 1.29 is 4.79 Å². The van der Waals surface area contributed by atoms with Crippen LogP contribution < -0.4 is 5.32 Å². The van der Waals surface area contributed by atoms with Gasteiger partial charge < -0.3 is 5.32 Å². The summed E-state index contributed by atoms with van der Waals surface area (Å²) in [7, 11) is 0. The van der Waals surface area contributed by atoms with Crippen molar-refractivity contribution in [2.45, 2.75) is 32.6 Å². The Morgan fingerprint density at radius 2 is 2.33 bits per heavy atom. The molecular formula is C10H19NO. The monoisotopic (exact) mass is 169 g/mol. The van der Waals surface area contributed by atoms with Crippen LogP contribution in [-0.4, -0.2) is 18.9 Å². The fourth-order valence-corrected chi connectivity index (χ4v) is 0.937. The number of hydrogen-bond acceptors (Lipinski definition) is 2. The summed E-state index contributed by atoms with van der Waals surface area (Å²) in [5.74, 6) is 0.310. The maximum Gasteiger partial charge on any atom is 0.146 e. The molecule has 1 N–H and O–H groups in total. The van der Waals surface area contributed by atoms with Gasteiger partial charge in [-0.05, 0) is 25.8 Å². The average molecular weight is 169 g/mol. The van der Waals surface area contributed by atoms with Crippen molar-refractivity contribution in [3.63, 3.8) is 0 Å². The molecule has 0 aromatic rings. The molecule has 12 heavy (non-hydrogen) atoms. The molecule has 0 aliphatic heterocycles. The highest BCUT2D eigenvalue weighted by atomic mass is 16.1. The number of hydrogen-bond donors (Lipinski definition) is 1. The third-order valence-corrected chi connectivity index (χ3v) is 1.61. The lowest BCUT2D eigenvalue weighted by Gasteiger charge is -2.00. The average Bonchev–Trinajstić information content (AvgIpc) is 2.06. The molecule has 0 fully saturated rings. The van der Waals surface area contributed by atoms with Crippen molar-refractivity contribution in [1.82, 2.24) is 5.32 Å². The number of ketones is 1. The molecule has 2 nitrogen and oxygen atoms in total. The molecule has 0 amide bonds. The van der Waals surface area contributed by atoms with Gasteiger partial charge in [0.05, 0.1) is 6.54 Å². The summed E-state index contributed by atoms with van der Waals surface area (Å²) in [6.07, 6.45) is 5.51. The standard InChI is InChI=1S/C10H19NO/c1-3-5-6-7-10(12)9-11-8-4-2/h3,11H,1,4-9H2,2H3. The Bertz CT molecular complexity index is 132. The van der Waals surface area contributed by atoms with Crippen LogP contribution >= 0.6 is 0 Å². The van der Waals surface area contributed by atoms with Gasteiger partial charge in [0, 0.05) is 6.42 Å². The predicted molar refractivity (Wildman–Crippen MR) is 52.2 cm³/mol. The van der Waals surface area contributed by atoms with E-state index in [1.807, 2.05) is 6.08 Å². The Kier molecular flexibility index (Phi) is 8.02. The number of rotatable bonds is 8. The Hall–Kier alpha value is -0.630. The second-order valence-electron chi connectivity index (χ2n) is 2.90. The van der Waals surface area contributed by atoms with Crippen molar-refractivity contribution in [2.75, 3.05) is 13.1 Å². The number of nitrogens with one attached hydrogen (secondary N) is 1. The molecule has 0 spiro atoms. The molecular weight excluding hydrogens is 150 g/mol. The summed E-state index contributed by atoms with van der Waals surface area (Å²) < 4.78 is 0. The summed E-state index contributed by atoms with van der Waals surface area (Å²) in [6, 6.07) is 0. The first-order chi connectivity index (χ1) is 5.81. The number of unbranched alkanes of at least 4 members (excludes halogenated alkanes) is 1. The van der Waals surface area contributed by atoms with Crippen LogP contribution in [-0.2, 0) is 4.79 Å². The van der Waals surface area contributed by atoms with Crippen LogP contribution in [0.15, 0.2) is 12.7 Å². The zero-order valence-corrected chi connectivity index (χ0v) is 7.94. The molecule has 0 radical (unpaired) electrons. The second-order valence-corrected chi connectivity index (χ2v) is 2.90. The van der Waals surface area contributed by atoms with Gasteiger partial charge in [0.15, 0.2) is 0 Å². The molecule has 0 bridgehead atoms. The highest BCUT2D eigenvalue weighted by molar-refractivity contribution is 5.80. The van der Waals surface area contributed by atoms with Gasteiger partial charge >= 0.3 is 0 Å². The Balaban J connectivity index is 3.15. The SMILES string of the molecule is C=CCCCC(=O)CNCCC. The number of Topliss-reactive ketones (excluding diaryl/α,β-unsaturated/α-hetero) is 1. The van der Waals surface area contributed by atoms with Gasteiger partial charge in [0.25, 0.3) is 0 Å². The highest BCUT2D eigenvalue weighted by Gasteiger charge is 1.98. The van der Waals surface area contributed by atoms with Gasteiger partial charge in [-0.1, -0.05) is 13.0 Å². The van der Waals surface area contributed by atoms with E-state index in [0.717, 1.165) is 25.8 Å². The van der Waals surface area contributed by atoms with E-state index in [2.05, 4.69) is 18.8 Å². The van der Waals surface area contributed by atoms with E-state index >= 15 is 0 Å². The van der Waals surface area contributed by atoms with Crippen LogP contribution in [0.25, 0.3) is 0 Å². The fraction of sp³-hybridized carbons (Fsp3) is 0.700. The second kappa shape index (κ2) is 8.47. The summed E-state index contributed by atoms with van der Waals surface area (Å²) in [6.45, 7) is 7.17. The van der Waals surface area contributed by atoms with Gasteiger partial charge in [-0.3, -0.25) is 4.79 Å². The van der Waals surface area contributed by atoms with Gasteiger partial charge in [-0.25, -0.2) is 0 Å². The van der Waals surface area contributed by atoms with Crippen molar-refractivity contribution >= 4 is 5.78 Å². The normalized spacial score (nSPS) is 9.75. The maximum atomic E-state index is 11.1. The Labute approximate surface area is 75.0 Å². The Morgan fingerprint density at radius 1 is 1.58 bits per heavy atom. The molecule has 0 saturated carbocycles. The maximum absolute atomic E-state index is 11.1. The fourth-order valence-electron chi connectivity index (χ4n) is 0.937. The van der Waals surface area contributed by atoms with Crippen molar-refractivity contribution in [3.8, 4) is 0 Å². The predicted octanol–water partition coefficient (Wildman–Crippen LogP) is 1.91.